The Morgan fingerprint density at radius 2 is 1.87 bits per heavy atom. The predicted octanol–water partition coefficient (Wildman–Crippen LogP) is 2.80. The monoisotopic (exact) mass is 314 g/mol. The second-order valence-corrected chi connectivity index (χ2v) is 5.40. The van der Waals surface area contributed by atoms with Crippen LogP contribution in [0.3, 0.4) is 0 Å². The van der Waals surface area contributed by atoms with E-state index in [2.05, 4.69) is 10.6 Å². The highest BCUT2D eigenvalue weighted by atomic mass is 16.5. The maximum Gasteiger partial charge on any atom is 0.253 e. The maximum absolute atomic E-state index is 12.3. The van der Waals surface area contributed by atoms with Crippen LogP contribution in [0.5, 0.6) is 5.75 Å². The molecule has 0 aliphatic carbocycles. The van der Waals surface area contributed by atoms with Crippen molar-refractivity contribution in [2.45, 2.75) is 6.92 Å². The van der Waals surface area contributed by atoms with Crippen LogP contribution in [0.4, 0.5) is 11.4 Å². The standard InChI is InChI=1S/C18H22N2O3/c1-13(12-21)11-19-18(22)16-5-3-4-6-17(16)20-14-7-9-15(23-2)10-8-14/h3-10,13,20-21H,11-12H2,1-2H3,(H,19,22). The molecular formula is C18H22N2O3. The lowest BCUT2D eigenvalue weighted by molar-refractivity contribution is 0.0943. The SMILES string of the molecule is COc1ccc(Nc2ccccc2C(=O)NCC(C)CO)cc1. The summed E-state index contributed by atoms with van der Waals surface area (Å²) >= 11 is 0. The van der Waals surface area contributed by atoms with Crippen LogP contribution in [0, 0.1) is 5.92 Å². The Morgan fingerprint density at radius 1 is 1.17 bits per heavy atom. The van der Waals surface area contributed by atoms with Gasteiger partial charge in [0.2, 0.25) is 0 Å². The van der Waals surface area contributed by atoms with Crippen molar-refractivity contribution in [2.24, 2.45) is 5.92 Å². The molecule has 0 saturated carbocycles. The number of aliphatic hydroxyl groups excluding tert-OH is 1. The Kier molecular flexibility index (Phi) is 6.00. The van der Waals surface area contributed by atoms with Gasteiger partial charge in [0.25, 0.3) is 5.91 Å². The summed E-state index contributed by atoms with van der Waals surface area (Å²) in [6.07, 6.45) is 0. The Morgan fingerprint density at radius 3 is 2.52 bits per heavy atom. The third-order valence-corrected chi connectivity index (χ3v) is 3.46. The molecule has 1 amide bonds. The molecule has 0 aliphatic heterocycles. The highest BCUT2D eigenvalue weighted by Crippen LogP contribution is 2.22. The first-order valence-corrected chi connectivity index (χ1v) is 7.53. The number of carbonyl (C=O) groups is 1. The fraction of sp³-hybridized carbons (Fsp3) is 0.278. The molecule has 2 rings (SSSR count). The smallest absolute Gasteiger partial charge is 0.253 e. The number of ether oxygens (including phenoxy) is 1. The number of carbonyl (C=O) groups excluding carboxylic acids is 1. The number of methoxy groups -OCH3 is 1. The van der Waals surface area contributed by atoms with Gasteiger partial charge in [-0.25, -0.2) is 0 Å². The molecule has 23 heavy (non-hydrogen) atoms. The Labute approximate surface area is 136 Å². The van der Waals surface area contributed by atoms with Crippen molar-refractivity contribution in [3.05, 3.63) is 54.1 Å². The van der Waals surface area contributed by atoms with Crippen LogP contribution < -0.4 is 15.4 Å². The van der Waals surface area contributed by atoms with Crippen LogP contribution in [0.1, 0.15) is 17.3 Å². The molecule has 2 aromatic carbocycles. The number of benzene rings is 2. The minimum Gasteiger partial charge on any atom is -0.497 e. The molecule has 5 heteroatoms. The zero-order valence-corrected chi connectivity index (χ0v) is 13.4. The molecule has 2 aromatic rings. The van der Waals surface area contributed by atoms with E-state index >= 15 is 0 Å². The predicted molar refractivity (Wildman–Crippen MR) is 91.3 cm³/mol. The lowest BCUT2D eigenvalue weighted by Crippen LogP contribution is -2.29. The summed E-state index contributed by atoms with van der Waals surface area (Å²) in [7, 11) is 1.62. The third-order valence-electron chi connectivity index (χ3n) is 3.46. The van der Waals surface area contributed by atoms with Crippen molar-refractivity contribution in [1.82, 2.24) is 5.32 Å². The summed E-state index contributed by atoms with van der Waals surface area (Å²) in [4.78, 5) is 12.3. The van der Waals surface area contributed by atoms with Crippen LogP contribution in [-0.2, 0) is 0 Å². The average Bonchev–Trinajstić information content (AvgIpc) is 2.60. The average molecular weight is 314 g/mol. The van der Waals surface area contributed by atoms with E-state index in [9.17, 15) is 4.79 Å². The summed E-state index contributed by atoms with van der Waals surface area (Å²) in [5, 5.41) is 15.1. The lowest BCUT2D eigenvalue weighted by atomic mass is 10.1. The van der Waals surface area contributed by atoms with Gasteiger partial charge in [-0.3, -0.25) is 4.79 Å². The van der Waals surface area contributed by atoms with Crippen LogP contribution in [-0.4, -0.2) is 31.3 Å². The number of hydrogen-bond acceptors (Lipinski definition) is 4. The van der Waals surface area contributed by atoms with Gasteiger partial charge >= 0.3 is 0 Å². The van der Waals surface area contributed by atoms with Gasteiger partial charge in [-0.15, -0.1) is 0 Å². The molecule has 122 valence electrons. The van der Waals surface area contributed by atoms with Crippen LogP contribution in [0.15, 0.2) is 48.5 Å². The minimum absolute atomic E-state index is 0.0284. The van der Waals surface area contributed by atoms with Crippen LogP contribution in [0.25, 0.3) is 0 Å². The lowest BCUT2D eigenvalue weighted by Gasteiger charge is -2.14. The van der Waals surface area contributed by atoms with E-state index in [1.54, 1.807) is 13.2 Å². The van der Waals surface area contributed by atoms with Crippen molar-refractivity contribution >= 4 is 17.3 Å². The second kappa shape index (κ2) is 8.19. The number of anilines is 2. The molecule has 0 bridgehead atoms. The van der Waals surface area contributed by atoms with E-state index < -0.39 is 0 Å². The number of hydrogen-bond donors (Lipinski definition) is 3. The normalized spacial score (nSPS) is 11.6. The highest BCUT2D eigenvalue weighted by Gasteiger charge is 2.12. The minimum atomic E-state index is -0.165. The van der Waals surface area contributed by atoms with E-state index in [4.69, 9.17) is 9.84 Å². The molecular weight excluding hydrogens is 292 g/mol. The fourth-order valence-electron chi connectivity index (χ4n) is 2.05. The van der Waals surface area contributed by atoms with Crippen molar-refractivity contribution in [3.63, 3.8) is 0 Å². The fourth-order valence-corrected chi connectivity index (χ4v) is 2.05. The van der Waals surface area contributed by atoms with E-state index in [-0.39, 0.29) is 18.4 Å². The molecule has 1 atom stereocenters. The number of rotatable bonds is 7. The molecule has 0 spiro atoms. The van der Waals surface area contributed by atoms with Crippen molar-refractivity contribution in [1.29, 1.82) is 0 Å². The van der Waals surface area contributed by atoms with Crippen molar-refractivity contribution in [3.8, 4) is 5.75 Å². The summed E-state index contributed by atoms with van der Waals surface area (Å²) in [5.74, 6) is 0.641. The Hall–Kier alpha value is -2.53. The zero-order chi connectivity index (χ0) is 16.7. The molecule has 5 nitrogen and oxygen atoms in total. The van der Waals surface area contributed by atoms with Crippen molar-refractivity contribution < 1.29 is 14.6 Å². The van der Waals surface area contributed by atoms with Crippen LogP contribution >= 0.6 is 0 Å². The second-order valence-electron chi connectivity index (χ2n) is 5.40. The maximum atomic E-state index is 12.3. The van der Waals surface area contributed by atoms with Crippen LogP contribution in [0.2, 0.25) is 0 Å². The molecule has 0 fully saturated rings. The van der Waals surface area contributed by atoms with Gasteiger partial charge in [0, 0.05) is 18.8 Å². The number of amides is 1. The van der Waals surface area contributed by atoms with E-state index in [1.807, 2.05) is 49.4 Å². The molecule has 0 aromatic heterocycles. The molecule has 0 radical (unpaired) electrons. The summed E-state index contributed by atoms with van der Waals surface area (Å²) < 4.78 is 5.13. The first-order valence-electron chi connectivity index (χ1n) is 7.53. The number of nitrogens with one attached hydrogen (secondary N) is 2. The van der Waals surface area contributed by atoms with Crippen molar-refractivity contribution in [2.75, 3.05) is 25.6 Å². The largest absolute Gasteiger partial charge is 0.497 e. The zero-order valence-electron chi connectivity index (χ0n) is 13.4. The first-order chi connectivity index (χ1) is 11.1. The molecule has 3 N–H and O–H groups in total. The highest BCUT2D eigenvalue weighted by molar-refractivity contribution is 6.00. The van der Waals surface area contributed by atoms with Gasteiger partial charge in [-0.2, -0.15) is 0 Å². The van der Waals surface area contributed by atoms with Gasteiger partial charge in [0.1, 0.15) is 5.75 Å². The molecule has 0 aliphatic rings. The molecule has 0 heterocycles. The van der Waals surface area contributed by atoms with Gasteiger partial charge in [0.15, 0.2) is 0 Å². The van der Waals surface area contributed by atoms with Gasteiger partial charge < -0.3 is 20.5 Å². The summed E-state index contributed by atoms with van der Waals surface area (Å²) in [6.45, 7) is 2.36. The quantitative estimate of drug-likeness (QED) is 0.735. The number of aliphatic hydroxyl groups is 1. The van der Waals surface area contributed by atoms with Gasteiger partial charge in [-0.05, 0) is 42.3 Å². The third kappa shape index (κ3) is 4.72. The van der Waals surface area contributed by atoms with Gasteiger partial charge in [0.05, 0.1) is 18.4 Å². The molecule has 1 unspecified atom stereocenters. The topological polar surface area (TPSA) is 70.6 Å². The molecule has 0 saturated heterocycles. The summed E-state index contributed by atoms with van der Waals surface area (Å²) in [6, 6.07) is 14.8. The van der Waals surface area contributed by atoms with E-state index in [0.717, 1.165) is 17.1 Å². The van der Waals surface area contributed by atoms with Gasteiger partial charge in [-0.1, -0.05) is 19.1 Å². The summed E-state index contributed by atoms with van der Waals surface area (Å²) in [5.41, 5.74) is 2.16. The Balaban J connectivity index is 2.11. The number of para-hydroxylation sites is 1. The first kappa shape index (κ1) is 16.8. The van der Waals surface area contributed by atoms with E-state index in [0.29, 0.717) is 12.1 Å². The van der Waals surface area contributed by atoms with E-state index in [1.165, 1.54) is 0 Å². The Bertz CT molecular complexity index is 641.